The summed E-state index contributed by atoms with van der Waals surface area (Å²) in [4.78, 5) is 31.4. The maximum absolute atomic E-state index is 15.8. The van der Waals surface area contributed by atoms with Gasteiger partial charge in [-0.15, -0.1) is 0 Å². The van der Waals surface area contributed by atoms with Gasteiger partial charge in [0, 0.05) is 38.9 Å². The number of pyridine rings is 1. The molecule has 1 N–H and O–H groups in total. The summed E-state index contributed by atoms with van der Waals surface area (Å²) in [5.41, 5.74) is 0.973. The number of likely N-dealkylation sites (tertiary alicyclic amines) is 1. The smallest absolute Gasteiger partial charge is 0.259 e. The number of amides is 1. The molecule has 0 radical (unpaired) electrons. The summed E-state index contributed by atoms with van der Waals surface area (Å²) >= 11 is 0. The van der Waals surface area contributed by atoms with Crippen LogP contribution in [0.2, 0.25) is 0 Å². The van der Waals surface area contributed by atoms with Crippen molar-refractivity contribution in [3.63, 3.8) is 0 Å². The molecule has 7 rings (SSSR count). The lowest BCUT2D eigenvalue weighted by atomic mass is 10.0. The van der Waals surface area contributed by atoms with E-state index in [-0.39, 0.29) is 28.3 Å². The SMILES string of the molecule is O=C(c1cn2c3c(c(NCCCN4CCOCC4)c(F)cc3c1=O)Oc1cc3ccccc3cc1-2)N1CCCCC1. The molecular weight excluding hydrogens is 523 g/mol. The molecule has 2 saturated heterocycles. The van der Waals surface area contributed by atoms with Gasteiger partial charge in [-0.1, -0.05) is 24.3 Å². The minimum absolute atomic E-state index is 0.0528. The largest absolute Gasteiger partial charge is 0.451 e. The monoisotopic (exact) mass is 556 g/mol. The number of nitrogens with one attached hydrogen (secondary N) is 1. The van der Waals surface area contributed by atoms with E-state index in [1.807, 2.05) is 41.0 Å². The zero-order chi connectivity index (χ0) is 27.9. The number of piperidine rings is 1. The molecule has 0 atom stereocenters. The molecule has 4 aromatic rings. The molecule has 212 valence electrons. The van der Waals surface area contributed by atoms with E-state index in [0.717, 1.165) is 69.3 Å². The third-order valence-corrected chi connectivity index (χ3v) is 8.42. The van der Waals surface area contributed by atoms with Crippen LogP contribution >= 0.6 is 0 Å². The Morgan fingerprint density at radius 1 is 0.976 bits per heavy atom. The number of benzene rings is 3. The quantitative estimate of drug-likeness (QED) is 0.292. The second-order valence-corrected chi connectivity index (χ2v) is 11.1. The molecule has 0 aliphatic carbocycles. The standard InChI is InChI=1S/C32H33FN4O4/c33-25-19-23-29-31(28(25)34-9-6-10-35-13-15-40-16-14-35)41-27-18-22-8-3-2-7-21(22)17-26(27)37(29)20-24(30(23)38)32(39)36-11-4-1-5-12-36/h2-3,7-8,17-20,34H,1,4-6,9-16H2. The van der Waals surface area contributed by atoms with Crippen molar-refractivity contribution in [2.24, 2.45) is 0 Å². The van der Waals surface area contributed by atoms with Crippen LogP contribution in [0.15, 0.2) is 53.5 Å². The Morgan fingerprint density at radius 2 is 1.73 bits per heavy atom. The van der Waals surface area contributed by atoms with Gasteiger partial charge in [-0.05, 0) is 61.2 Å². The molecule has 41 heavy (non-hydrogen) atoms. The first-order valence-corrected chi connectivity index (χ1v) is 14.5. The van der Waals surface area contributed by atoms with Gasteiger partial charge in [0.15, 0.2) is 17.3 Å². The van der Waals surface area contributed by atoms with Crippen molar-refractivity contribution >= 4 is 33.3 Å². The van der Waals surface area contributed by atoms with Crippen LogP contribution < -0.4 is 15.5 Å². The maximum Gasteiger partial charge on any atom is 0.259 e. The number of ether oxygens (including phenoxy) is 2. The average Bonchev–Trinajstić information content (AvgIpc) is 3.01. The predicted octanol–water partition coefficient (Wildman–Crippen LogP) is 5.15. The fourth-order valence-electron chi connectivity index (χ4n) is 6.23. The predicted molar refractivity (Wildman–Crippen MR) is 157 cm³/mol. The molecule has 0 spiro atoms. The highest BCUT2D eigenvalue weighted by molar-refractivity contribution is 6.02. The zero-order valence-corrected chi connectivity index (χ0v) is 23.0. The first-order valence-electron chi connectivity index (χ1n) is 14.5. The van der Waals surface area contributed by atoms with Crippen molar-refractivity contribution in [1.29, 1.82) is 0 Å². The summed E-state index contributed by atoms with van der Waals surface area (Å²) in [6.07, 6.45) is 5.33. The number of fused-ring (bicyclic) bond motifs is 3. The first-order chi connectivity index (χ1) is 20.1. The van der Waals surface area contributed by atoms with E-state index in [0.29, 0.717) is 36.6 Å². The van der Waals surface area contributed by atoms with Crippen LogP contribution in [0.25, 0.3) is 27.4 Å². The number of carbonyl (C=O) groups excluding carboxylic acids is 1. The van der Waals surface area contributed by atoms with Gasteiger partial charge in [0.05, 0.1) is 24.3 Å². The number of carbonyl (C=O) groups is 1. The molecule has 0 saturated carbocycles. The molecule has 0 unspecified atom stereocenters. The van der Waals surface area contributed by atoms with Gasteiger partial charge in [-0.2, -0.15) is 0 Å². The molecule has 3 aromatic carbocycles. The van der Waals surface area contributed by atoms with Crippen molar-refractivity contribution < 1.29 is 18.7 Å². The Labute approximate surface area is 237 Å². The number of aromatic nitrogens is 1. The Balaban J connectivity index is 1.33. The van der Waals surface area contributed by atoms with Crippen molar-refractivity contribution in [2.75, 3.05) is 57.8 Å². The van der Waals surface area contributed by atoms with E-state index in [9.17, 15) is 9.59 Å². The lowest BCUT2D eigenvalue weighted by Gasteiger charge is -2.29. The van der Waals surface area contributed by atoms with E-state index in [4.69, 9.17) is 9.47 Å². The number of hydrogen-bond acceptors (Lipinski definition) is 6. The lowest BCUT2D eigenvalue weighted by molar-refractivity contribution is 0.0378. The Kier molecular flexibility index (Phi) is 6.84. The molecular formula is C32H33FN4O4. The Bertz CT molecular complexity index is 1710. The van der Waals surface area contributed by atoms with Crippen molar-refractivity contribution in [3.05, 3.63) is 70.3 Å². The summed E-state index contributed by atoms with van der Waals surface area (Å²) in [6.45, 7) is 5.92. The van der Waals surface area contributed by atoms with Gasteiger partial charge in [0.2, 0.25) is 5.43 Å². The number of nitrogens with zero attached hydrogens (tertiary/aromatic N) is 3. The fourth-order valence-corrected chi connectivity index (χ4v) is 6.23. The van der Waals surface area contributed by atoms with Crippen molar-refractivity contribution in [1.82, 2.24) is 14.4 Å². The van der Waals surface area contributed by atoms with E-state index < -0.39 is 11.2 Å². The molecule has 3 aliphatic rings. The van der Waals surface area contributed by atoms with Crippen LogP contribution in [-0.4, -0.2) is 72.8 Å². The molecule has 1 amide bonds. The number of morpholine rings is 1. The van der Waals surface area contributed by atoms with Crippen LogP contribution in [0.5, 0.6) is 11.5 Å². The van der Waals surface area contributed by atoms with Crippen LogP contribution in [-0.2, 0) is 4.74 Å². The lowest BCUT2D eigenvalue weighted by Crippen LogP contribution is -2.38. The number of hydrogen-bond donors (Lipinski definition) is 1. The molecule has 4 heterocycles. The number of rotatable bonds is 6. The third kappa shape index (κ3) is 4.73. The van der Waals surface area contributed by atoms with E-state index >= 15 is 4.39 Å². The van der Waals surface area contributed by atoms with Crippen LogP contribution in [0.4, 0.5) is 10.1 Å². The molecule has 3 aliphatic heterocycles. The maximum atomic E-state index is 15.8. The summed E-state index contributed by atoms with van der Waals surface area (Å²) in [6, 6.07) is 13.1. The van der Waals surface area contributed by atoms with Crippen LogP contribution in [0.1, 0.15) is 36.0 Å². The topological polar surface area (TPSA) is 76.0 Å². The highest BCUT2D eigenvalue weighted by atomic mass is 19.1. The van der Waals surface area contributed by atoms with E-state index in [1.54, 1.807) is 11.1 Å². The average molecular weight is 557 g/mol. The normalized spacial score (nSPS) is 17.0. The van der Waals surface area contributed by atoms with Gasteiger partial charge in [-0.25, -0.2) is 4.39 Å². The Hall–Kier alpha value is -3.95. The highest BCUT2D eigenvalue weighted by Crippen LogP contribution is 2.46. The summed E-state index contributed by atoms with van der Waals surface area (Å²) in [7, 11) is 0. The minimum atomic E-state index is -0.575. The van der Waals surface area contributed by atoms with E-state index in [2.05, 4.69) is 10.2 Å². The van der Waals surface area contributed by atoms with Crippen LogP contribution in [0, 0.1) is 5.82 Å². The Morgan fingerprint density at radius 3 is 2.51 bits per heavy atom. The van der Waals surface area contributed by atoms with Gasteiger partial charge < -0.3 is 24.3 Å². The zero-order valence-electron chi connectivity index (χ0n) is 23.0. The fraction of sp³-hybridized carbons (Fsp3) is 0.375. The summed E-state index contributed by atoms with van der Waals surface area (Å²) in [5, 5.41) is 5.37. The van der Waals surface area contributed by atoms with Gasteiger partial charge >= 0.3 is 0 Å². The van der Waals surface area contributed by atoms with Crippen molar-refractivity contribution in [3.8, 4) is 17.2 Å². The number of halogens is 1. The number of anilines is 1. The first kappa shape index (κ1) is 26.0. The molecule has 1 aromatic heterocycles. The van der Waals surface area contributed by atoms with Gasteiger partial charge in [0.1, 0.15) is 16.8 Å². The van der Waals surface area contributed by atoms with E-state index in [1.165, 1.54) is 6.07 Å². The molecule has 8 nitrogen and oxygen atoms in total. The minimum Gasteiger partial charge on any atom is -0.451 e. The van der Waals surface area contributed by atoms with Crippen molar-refractivity contribution in [2.45, 2.75) is 25.7 Å². The molecule has 2 fully saturated rings. The third-order valence-electron chi connectivity index (χ3n) is 8.42. The highest BCUT2D eigenvalue weighted by Gasteiger charge is 2.30. The second-order valence-electron chi connectivity index (χ2n) is 11.1. The molecule has 9 heteroatoms. The summed E-state index contributed by atoms with van der Waals surface area (Å²) in [5.74, 6) is -0.0708. The summed E-state index contributed by atoms with van der Waals surface area (Å²) < 4.78 is 29.5. The second kappa shape index (κ2) is 10.8. The van der Waals surface area contributed by atoms with Gasteiger partial charge in [0.25, 0.3) is 5.91 Å². The van der Waals surface area contributed by atoms with Crippen LogP contribution in [0.3, 0.4) is 0 Å². The molecule has 0 bridgehead atoms. The van der Waals surface area contributed by atoms with Gasteiger partial charge in [-0.3, -0.25) is 14.5 Å².